The molecule has 0 aliphatic heterocycles. The minimum absolute atomic E-state index is 0.467. The van der Waals surface area contributed by atoms with Gasteiger partial charge in [0.1, 0.15) is 6.23 Å². The largest absolute Gasteiger partial charge is 0.353 e. The summed E-state index contributed by atoms with van der Waals surface area (Å²) in [6.45, 7) is 7.05. The number of H-pyrrole nitrogens is 1. The SMILES string of the molecule is CC(OC(C)(C)C)n1cc(F)c(=O)[nH]c1=O. The van der Waals surface area contributed by atoms with Gasteiger partial charge in [-0.15, -0.1) is 0 Å². The van der Waals surface area contributed by atoms with Crippen molar-refractivity contribution in [3.05, 3.63) is 32.9 Å². The van der Waals surface area contributed by atoms with Crippen LogP contribution in [0.4, 0.5) is 4.39 Å². The van der Waals surface area contributed by atoms with Crippen molar-refractivity contribution in [1.29, 1.82) is 0 Å². The van der Waals surface area contributed by atoms with E-state index in [0.717, 1.165) is 10.8 Å². The fourth-order valence-electron chi connectivity index (χ4n) is 1.30. The first-order valence-electron chi connectivity index (χ1n) is 4.89. The number of hydrogen-bond acceptors (Lipinski definition) is 3. The Bertz CT molecular complexity index is 484. The molecule has 6 heteroatoms. The third kappa shape index (κ3) is 3.03. The highest BCUT2D eigenvalue weighted by Crippen LogP contribution is 2.16. The van der Waals surface area contributed by atoms with E-state index >= 15 is 0 Å². The van der Waals surface area contributed by atoms with Crippen LogP contribution >= 0.6 is 0 Å². The summed E-state index contributed by atoms with van der Waals surface area (Å²) in [6, 6.07) is 0. The van der Waals surface area contributed by atoms with Gasteiger partial charge >= 0.3 is 5.69 Å². The molecule has 0 saturated carbocycles. The van der Waals surface area contributed by atoms with Gasteiger partial charge in [0.15, 0.2) is 0 Å². The van der Waals surface area contributed by atoms with Crippen LogP contribution < -0.4 is 11.2 Å². The van der Waals surface area contributed by atoms with Gasteiger partial charge in [-0.25, -0.2) is 4.79 Å². The first-order valence-corrected chi connectivity index (χ1v) is 4.89. The molecular formula is C10H15FN2O3. The van der Waals surface area contributed by atoms with Crippen molar-refractivity contribution in [3.63, 3.8) is 0 Å². The van der Waals surface area contributed by atoms with E-state index in [9.17, 15) is 14.0 Å². The van der Waals surface area contributed by atoms with E-state index in [-0.39, 0.29) is 0 Å². The van der Waals surface area contributed by atoms with E-state index in [1.807, 2.05) is 25.8 Å². The number of nitrogens with zero attached hydrogens (tertiary/aromatic N) is 1. The molecule has 1 aromatic heterocycles. The molecule has 0 saturated heterocycles. The zero-order valence-electron chi connectivity index (χ0n) is 9.70. The molecule has 0 bridgehead atoms. The van der Waals surface area contributed by atoms with Crippen molar-refractivity contribution < 1.29 is 9.13 Å². The second-order valence-electron chi connectivity index (χ2n) is 4.47. The van der Waals surface area contributed by atoms with Crippen molar-refractivity contribution in [3.8, 4) is 0 Å². The van der Waals surface area contributed by atoms with Crippen LogP contribution in [0.5, 0.6) is 0 Å². The summed E-state index contributed by atoms with van der Waals surface area (Å²) < 4.78 is 19.5. The maximum atomic E-state index is 13.0. The fraction of sp³-hybridized carbons (Fsp3) is 0.600. The third-order valence-electron chi connectivity index (χ3n) is 1.84. The van der Waals surface area contributed by atoms with Crippen molar-refractivity contribution in [2.24, 2.45) is 0 Å². The molecule has 0 spiro atoms. The number of nitrogens with one attached hydrogen (secondary N) is 1. The van der Waals surface area contributed by atoms with Gasteiger partial charge in [-0.05, 0) is 27.7 Å². The van der Waals surface area contributed by atoms with Gasteiger partial charge in [0.2, 0.25) is 5.82 Å². The summed E-state index contributed by atoms with van der Waals surface area (Å²) in [6.07, 6.45) is 0.191. The zero-order chi connectivity index (χ0) is 12.5. The second kappa shape index (κ2) is 4.21. The predicted octanol–water partition coefficient (Wildman–Crippen LogP) is 1.01. The van der Waals surface area contributed by atoms with E-state index < -0.39 is 28.9 Å². The number of aromatic nitrogens is 2. The molecule has 0 amide bonds. The molecule has 1 unspecified atom stereocenters. The molecule has 1 atom stereocenters. The van der Waals surface area contributed by atoms with Crippen LogP contribution in [0.2, 0.25) is 0 Å². The van der Waals surface area contributed by atoms with Crippen molar-refractivity contribution in [1.82, 2.24) is 9.55 Å². The van der Waals surface area contributed by atoms with Crippen LogP contribution in [-0.4, -0.2) is 15.2 Å². The van der Waals surface area contributed by atoms with Gasteiger partial charge in [-0.3, -0.25) is 14.3 Å². The van der Waals surface area contributed by atoms with Gasteiger partial charge in [0.25, 0.3) is 5.56 Å². The number of halogens is 1. The zero-order valence-corrected chi connectivity index (χ0v) is 9.70. The number of aromatic amines is 1. The van der Waals surface area contributed by atoms with Crippen LogP contribution in [-0.2, 0) is 4.74 Å². The van der Waals surface area contributed by atoms with E-state index in [4.69, 9.17) is 4.74 Å². The molecule has 16 heavy (non-hydrogen) atoms. The van der Waals surface area contributed by atoms with Gasteiger partial charge in [0.05, 0.1) is 11.8 Å². The van der Waals surface area contributed by atoms with Crippen LogP contribution in [0, 0.1) is 5.82 Å². The molecule has 0 aromatic carbocycles. The average molecular weight is 230 g/mol. The van der Waals surface area contributed by atoms with Crippen LogP contribution in [0.15, 0.2) is 15.8 Å². The summed E-state index contributed by atoms with van der Waals surface area (Å²) in [5.74, 6) is -1.01. The van der Waals surface area contributed by atoms with E-state index in [1.165, 1.54) is 0 Å². The predicted molar refractivity (Wildman–Crippen MR) is 56.8 cm³/mol. The number of hydrogen-bond donors (Lipinski definition) is 1. The molecule has 0 radical (unpaired) electrons. The lowest BCUT2D eigenvalue weighted by Gasteiger charge is -2.25. The monoisotopic (exact) mass is 230 g/mol. The van der Waals surface area contributed by atoms with Crippen LogP contribution in [0.3, 0.4) is 0 Å². The maximum absolute atomic E-state index is 13.0. The molecule has 1 N–H and O–H groups in total. The van der Waals surface area contributed by atoms with Crippen molar-refractivity contribution >= 4 is 0 Å². The fourth-order valence-corrected chi connectivity index (χ4v) is 1.30. The highest BCUT2D eigenvalue weighted by Gasteiger charge is 2.18. The first-order chi connectivity index (χ1) is 7.20. The topological polar surface area (TPSA) is 64.1 Å². The normalized spacial score (nSPS) is 13.8. The molecule has 0 fully saturated rings. The molecular weight excluding hydrogens is 215 g/mol. The van der Waals surface area contributed by atoms with Crippen molar-refractivity contribution in [2.75, 3.05) is 0 Å². The quantitative estimate of drug-likeness (QED) is 0.824. The Morgan fingerprint density at radius 1 is 1.44 bits per heavy atom. The standard InChI is InChI=1S/C10H15FN2O3/c1-6(16-10(2,3)4)13-5-7(11)8(14)12-9(13)15/h5-6H,1-4H3,(H,12,14,15). The maximum Gasteiger partial charge on any atom is 0.330 e. The Labute approximate surface area is 91.9 Å². The van der Waals surface area contributed by atoms with Crippen LogP contribution in [0.25, 0.3) is 0 Å². The summed E-state index contributed by atoms with van der Waals surface area (Å²) >= 11 is 0. The van der Waals surface area contributed by atoms with Gasteiger partial charge in [-0.1, -0.05) is 0 Å². The smallest absolute Gasteiger partial charge is 0.330 e. The van der Waals surface area contributed by atoms with E-state index in [1.54, 1.807) is 6.92 Å². The van der Waals surface area contributed by atoms with Gasteiger partial charge in [-0.2, -0.15) is 4.39 Å². The van der Waals surface area contributed by atoms with E-state index in [2.05, 4.69) is 0 Å². The lowest BCUT2D eigenvalue weighted by atomic mass is 10.2. The first kappa shape index (κ1) is 12.6. The Balaban J connectivity index is 3.10. The van der Waals surface area contributed by atoms with Gasteiger partial charge in [0, 0.05) is 0 Å². The Hall–Kier alpha value is -1.43. The summed E-state index contributed by atoms with van der Waals surface area (Å²) in [5, 5.41) is 0. The highest BCUT2D eigenvalue weighted by molar-refractivity contribution is 4.88. The minimum Gasteiger partial charge on any atom is -0.353 e. The Kier molecular flexibility index (Phi) is 3.32. The molecule has 5 nitrogen and oxygen atoms in total. The lowest BCUT2D eigenvalue weighted by Crippen LogP contribution is -2.36. The lowest BCUT2D eigenvalue weighted by molar-refractivity contribution is -0.0888. The van der Waals surface area contributed by atoms with Gasteiger partial charge < -0.3 is 4.74 Å². The summed E-state index contributed by atoms with van der Waals surface area (Å²) in [5.41, 5.74) is -2.18. The molecule has 1 rings (SSSR count). The second-order valence-corrected chi connectivity index (χ2v) is 4.47. The molecule has 90 valence electrons. The van der Waals surface area contributed by atoms with Crippen molar-refractivity contribution in [2.45, 2.75) is 39.5 Å². The average Bonchev–Trinajstić information content (AvgIpc) is 2.08. The number of rotatable bonds is 2. The highest BCUT2D eigenvalue weighted by atomic mass is 19.1. The molecule has 0 aliphatic carbocycles. The Morgan fingerprint density at radius 3 is 2.50 bits per heavy atom. The van der Waals surface area contributed by atoms with Crippen LogP contribution in [0.1, 0.15) is 33.9 Å². The third-order valence-corrected chi connectivity index (χ3v) is 1.84. The summed E-state index contributed by atoms with van der Waals surface area (Å²) in [4.78, 5) is 24.1. The molecule has 0 aliphatic rings. The number of ether oxygens (including phenoxy) is 1. The summed E-state index contributed by atoms with van der Waals surface area (Å²) in [7, 11) is 0. The molecule has 1 aromatic rings. The van der Waals surface area contributed by atoms with E-state index in [0.29, 0.717) is 0 Å². The minimum atomic E-state index is -1.02. The Morgan fingerprint density at radius 2 is 2.00 bits per heavy atom. The molecule has 1 heterocycles.